The van der Waals surface area contributed by atoms with Crippen LogP contribution in [0.25, 0.3) is 0 Å². The third-order valence-electron chi connectivity index (χ3n) is 2.86. The van der Waals surface area contributed by atoms with Crippen LogP contribution in [0.4, 0.5) is 0 Å². The predicted molar refractivity (Wildman–Crippen MR) is 77.1 cm³/mol. The fraction of sp³-hybridized carbons (Fsp3) is 0.800. The molecule has 0 bridgehead atoms. The summed E-state index contributed by atoms with van der Waals surface area (Å²) in [6.07, 6.45) is 0.146. The minimum atomic E-state index is -0.559. The molecule has 20 heavy (non-hydrogen) atoms. The van der Waals surface area contributed by atoms with E-state index < -0.39 is 11.5 Å². The number of carbonyl (C=O) groups is 3. The lowest BCUT2D eigenvalue weighted by Crippen LogP contribution is -2.48. The van der Waals surface area contributed by atoms with Gasteiger partial charge in [-0.2, -0.15) is 0 Å². The van der Waals surface area contributed by atoms with Crippen LogP contribution in [0.1, 0.15) is 54.4 Å². The largest absolute Gasteiger partial charge is 0.466 e. The lowest BCUT2D eigenvalue weighted by molar-refractivity contribution is -0.144. The third kappa shape index (κ3) is 6.68. The number of rotatable bonds is 7. The summed E-state index contributed by atoms with van der Waals surface area (Å²) in [5, 5.41) is 2.77. The molecule has 0 fully saturated rings. The molecule has 116 valence electrons. The molecule has 1 atom stereocenters. The van der Waals surface area contributed by atoms with Crippen molar-refractivity contribution >= 4 is 17.7 Å². The Balaban J connectivity index is 4.57. The van der Waals surface area contributed by atoms with E-state index in [9.17, 15) is 14.4 Å². The van der Waals surface area contributed by atoms with Crippen molar-refractivity contribution < 1.29 is 19.1 Å². The van der Waals surface area contributed by atoms with E-state index in [1.807, 2.05) is 13.8 Å². The Morgan fingerprint density at radius 1 is 1.10 bits per heavy atom. The van der Waals surface area contributed by atoms with Crippen molar-refractivity contribution in [2.24, 2.45) is 11.3 Å². The zero-order valence-corrected chi connectivity index (χ0v) is 13.4. The second kappa shape index (κ2) is 8.02. The third-order valence-corrected chi connectivity index (χ3v) is 2.86. The van der Waals surface area contributed by atoms with Gasteiger partial charge in [0.15, 0.2) is 5.78 Å². The molecule has 0 heterocycles. The number of Topliss-reactive ketones (excluding diaryl/α,β-unsaturated/α-hetero) is 1. The summed E-state index contributed by atoms with van der Waals surface area (Å²) in [7, 11) is 0. The molecule has 0 radical (unpaired) electrons. The highest BCUT2D eigenvalue weighted by atomic mass is 16.5. The molecule has 0 unspecified atom stereocenters. The summed E-state index contributed by atoms with van der Waals surface area (Å²) >= 11 is 0. The number of esters is 1. The normalized spacial score (nSPS) is 12.9. The highest BCUT2D eigenvalue weighted by Crippen LogP contribution is 2.15. The Kier molecular flexibility index (Phi) is 7.46. The summed E-state index contributed by atoms with van der Waals surface area (Å²) < 4.78 is 4.79. The number of amides is 1. The Labute approximate surface area is 121 Å². The number of nitrogens with one attached hydrogen (secondary N) is 1. The first-order valence-electron chi connectivity index (χ1n) is 7.08. The van der Waals surface area contributed by atoms with Gasteiger partial charge in [-0.3, -0.25) is 14.4 Å². The van der Waals surface area contributed by atoms with Crippen molar-refractivity contribution in [2.75, 3.05) is 6.61 Å². The number of hydrogen-bond donors (Lipinski definition) is 1. The molecule has 1 amide bonds. The minimum absolute atomic E-state index is 0.0176. The highest BCUT2D eigenvalue weighted by molar-refractivity contribution is 5.92. The Hall–Kier alpha value is -1.39. The van der Waals surface area contributed by atoms with E-state index in [0.717, 1.165) is 0 Å². The van der Waals surface area contributed by atoms with E-state index in [0.29, 0.717) is 6.61 Å². The monoisotopic (exact) mass is 285 g/mol. The fourth-order valence-electron chi connectivity index (χ4n) is 1.59. The van der Waals surface area contributed by atoms with E-state index in [4.69, 9.17) is 4.74 Å². The van der Waals surface area contributed by atoms with Crippen LogP contribution in [0.15, 0.2) is 0 Å². The standard InChI is InChI=1S/C15H27NO4/c1-7-20-12(18)9-8-11(17)13(10(2)3)16-14(19)15(4,5)6/h10,13H,7-9H2,1-6H3,(H,16,19)/t13-/m0/s1. The molecule has 0 aliphatic heterocycles. The second-order valence-corrected chi connectivity index (χ2v) is 6.22. The maximum absolute atomic E-state index is 12.1. The lowest BCUT2D eigenvalue weighted by Gasteiger charge is -2.26. The van der Waals surface area contributed by atoms with Crippen LogP contribution in [0.5, 0.6) is 0 Å². The van der Waals surface area contributed by atoms with Gasteiger partial charge in [-0.15, -0.1) is 0 Å². The van der Waals surface area contributed by atoms with E-state index >= 15 is 0 Å². The van der Waals surface area contributed by atoms with Gasteiger partial charge in [0.1, 0.15) is 0 Å². The van der Waals surface area contributed by atoms with Crippen molar-refractivity contribution in [3.8, 4) is 0 Å². The van der Waals surface area contributed by atoms with Gasteiger partial charge in [-0.05, 0) is 12.8 Å². The average molecular weight is 285 g/mol. The molecule has 0 aromatic rings. The average Bonchev–Trinajstić information content (AvgIpc) is 2.31. The van der Waals surface area contributed by atoms with E-state index in [1.165, 1.54) is 0 Å². The van der Waals surface area contributed by atoms with Crippen molar-refractivity contribution in [1.29, 1.82) is 0 Å². The van der Waals surface area contributed by atoms with Gasteiger partial charge >= 0.3 is 5.97 Å². The van der Waals surface area contributed by atoms with Crippen LogP contribution in [0.3, 0.4) is 0 Å². The second-order valence-electron chi connectivity index (χ2n) is 6.22. The summed E-state index contributed by atoms with van der Waals surface area (Å²) in [4.78, 5) is 35.4. The van der Waals surface area contributed by atoms with Gasteiger partial charge in [-0.1, -0.05) is 34.6 Å². The van der Waals surface area contributed by atoms with Crippen LogP contribution >= 0.6 is 0 Å². The molecule has 0 saturated heterocycles. The van der Waals surface area contributed by atoms with E-state index in [1.54, 1.807) is 27.7 Å². The number of hydrogen-bond acceptors (Lipinski definition) is 4. The highest BCUT2D eigenvalue weighted by Gasteiger charge is 2.29. The van der Waals surface area contributed by atoms with Crippen LogP contribution in [0.2, 0.25) is 0 Å². The molecule has 5 nitrogen and oxygen atoms in total. The molecule has 0 spiro atoms. The first kappa shape index (κ1) is 18.6. The first-order chi connectivity index (χ1) is 9.09. The number of carbonyl (C=O) groups excluding carboxylic acids is 3. The summed E-state index contributed by atoms with van der Waals surface area (Å²) in [5.41, 5.74) is -0.547. The van der Waals surface area contributed by atoms with Crippen LogP contribution in [-0.2, 0) is 19.1 Å². The molecule has 0 saturated carbocycles. The smallest absolute Gasteiger partial charge is 0.306 e. The summed E-state index contributed by atoms with van der Waals surface area (Å²) in [6, 6.07) is -0.559. The van der Waals surface area contributed by atoms with Gasteiger partial charge in [0.05, 0.1) is 19.1 Å². The quantitative estimate of drug-likeness (QED) is 0.727. The van der Waals surface area contributed by atoms with Gasteiger partial charge < -0.3 is 10.1 Å². The maximum Gasteiger partial charge on any atom is 0.306 e. The number of ether oxygens (including phenoxy) is 1. The minimum Gasteiger partial charge on any atom is -0.466 e. The lowest BCUT2D eigenvalue weighted by atomic mass is 9.92. The molecule has 5 heteroatoms. The zero-order chi connectivity index (χ0) is 15.9. The summed E-state index contributed by atoms with van der Waals surface area (Å²) in [5.74, 6) is -0.701. The Bertz CT molecular complexity index is 355. The SMILES string of the molecule is CCOC(=O)CCC(=O)[C@@H](NC(=O)C(C)(C)C)C(C)C. The molecule has 1 N–H and O–H groups in total. The molecule has 0 aromatic carbocycles. The summed E-state index contributed by atoms with van der Waals surface area (Å²) in [6.45, 7) is 11.2. The van der Waals surface area contributed by atoms with Gasteiger partial charge in [0.25, 0.3) is 0 Å². The van der Waals surface area contributed by atoms with Gasteiger partial charge in [0, 0.05) is 11.8 Å². The predicted octanol–water partition coefficient (Wildman–Crippen LogP) is 2.09. The topological polar surface area (TPSA) is 72.5 Å². The van der Waals surface area contributed by atoms with Gasteiger partial charge in [-0.25, -0.2) is 0 Å². The Morgan fingerprint density at radius 2 is 1.65 bits per heavy atom. The van der Waals surface area contributed by atoms with Crippen LogP contribution in [0, 0.1) is 11.3 Å². The maximum atomic E-state index is 12.1. The van der Waals surface area contributed by atoms with E-state index in [2.05, 4.69) is 5.32 Å². The van der Waals surface area contributed by atoms with Gasteiger partial charge in [0.2, 0.25) is 5.91 Å². The van der Waals surface area contributed by atoms with Crippen molar-refractivity contribution in [1.82, 2.24) is 5.32 Å². The Morgan fingerprint density at radius 3 is 2.05 bits per heavy atom. The molecular weight excluding hydrogens is 258 g/mol. The molecule has 0 aliphatic carbocycles. The first-order valence-corrected chi connectivity index (χ1v) is 7.08. The fourth-order valence-corrected chi connectivity index (χ4v) is 1.59. The van der Waals surface area contributed by atoms with Crippen molar-refractivity contribution in [3.63, 3.8) is 0 Å². The molecule has 0 rings (SSSR count). The number of ketones is 1. The van der Waals surface area contributed by atoms with Crippen LogP contribution < -0.4 is 5.32 Å². The molecular formula is C15H27NO4. The van der Waals surface area contributed by atoms with E-state index in [-0.39, 0.29) is 36.4 Å². The zero-order valence-electron chi connectivity index (χ0n) is 13.4. The van der Waals surface area contributed by atoms with Crippen molar-refractivity contribution in [3.05, 3.63) is 0 Å². The molecule has 0 aromatic heterocycles. The van der Waals surface area contributed by atoms with Crippen molar-refractivity contribution in [2.45, 2.75) is 60.4 Å². The van der Waals surface area contributed by atoms with Crippen LogP contribution in [-0.4, -0.2) is 30.3 Å². The molecule has 0 aliphatic rings.